The van der Waals surface area contributed by atoms with Crippen LogP contribution in [-0.2, 0) is 18.7 Å². The zero-order chi connectivity index (χ0) is 15.4. The second-order valence-corrected chi connectivity index (χ2v) is 11.4. The number of carbonyl (C=O) groups excluding carboxylic acids is 2. The van der Waals surface area contributed by atoms with Crippen molar-refractivity contribution in [3.05, 3.63) is 0 Å². The molecule has 0 aromatic carbocycles. The summed E-state index contributed by atoms with van der Waals surface area (Å²) in [6, 6.07) is 0. The summed E-state index contributed by atoms with van der Waals surface area (Å²) in [7, 11) is 2.70. The summed E-state index contributed by atoms with van der Waals surface area (Å²) in [5.74, 6) is -0.989. The number of ketones is 1. The van der Waals surface area contributed by atoms with Crippen molar-refractivity contribution >= 4 is 28.1 Å². The molecule has 0 heterocycles. The molecule has 0 aromatic rings. The van der Waals surface area contributed by atoms with Gasteiger partial charge >= 0.3 is 8.05 Å². The van der Waals surface area contributed by atoms with Gasteiger partial charge in [-0.25, -0.2) is 0 Å². The van der Waals surface area contributed by atoms with E-state index >= 15 is 0 Å². The highest BCUT2D eigenvalue weighted by molar-refractivity contribution is 6.74. The summed E-state index contributed by atoms with van der Waals surface area (Å²) in [5, 5.41) is 0.00873. The van der Waals surface area contributed by atoms with Gasteiger partial charge < -0.3 is 9.08 Å². The molecule has 2 radical (unpaired) electrons. The Labute approximate surface area is 118 Å². The van der Waals surface area contributed by atoms with E-state index in [0.717, 1.165) is 0 Å². The summed E-state index contributed by atoms with van der Waals surface area (Å²) in [6.45, 7) is 14.3. The fraction of sp³-hybridized carbons (Fsp3) is 0.846. The third-order valence-electron chi connectivity index (χ3n) is 3.60. The molecule has 0 saturated heterocycles. The van der Waals surface area contributed by atoms with E-state index in [9.17, 15) is 9.59 Å². The molecule has 0 amide bonds. The van der Waals surface area contributed by atoms with Crippen molar-refractivity contribution in [2.75, 3.05) is 0 Å². The third-order valence-corrected chi connectivity index (χ3v) is 8.06. The van der Waals surface area contributed by atoms with Crippen LogP contribution < -0.4 is 0 Å². The summed E-state index contributed by atoms with van der Waals surface area (Å²) in [5.41, 5.74) is 0. The average molecular weight is 284 g/mol. The van der Waals surface area contributed by atoms with Crippen LogP contribution in [0.2, 0.25) is 18.1 Å². The Kier molecular flexibility index (Phi) is 6.48. The maximum absolute atomic E-state index is 12.1. The largest absolute Gasteiger partial charge is 0.543 e. The molecule has 0 N–H and O–H groups in total. The highest BCUT2D eigenvalue weighted by Crippen LogP contribution is 2.38. The van der Waals surface area contributed by atoms with Crippen LogP contribution in [0, 0.1) is 5.92 Å². The first-order valence-corrected chi connectivity index (χ1v) is 9.43. The van der Waals surface area contributed by atoms with E-state index in [1.807, 2.05) is 13.8 Å². The Balaban J connectivity index is 4.95. The van der Waals surface area contributed by atoms with Gasteiger partial charge in [0.1, 0.15) is 12.5 Å². The summed E-state index contributed by atoms with van der Waals surface area (Å²) in [6.07, 6.45) is -0.923. The predicted octanol–water partition coefficient (Wildman–Crippen LogP) is 2.62. The quantitative estimate of drug-likeness (QED) is 0.556. The highest BCUT2D eigenvalue weighted by Gasteiger charge is 2.41. The molecular formula is C13H25BO4Si. The van der Waals surface area contributed by atoms with E-state index in [-0.39, 0.29) is 23.2 Å². The molecule has 0 fully saturated rings. The topological polar surface area (TPSA) is 52.6 Å². The number of rotatable bonds is 6. The van der Waals surface area contributed by atoms with E-state index in [1.54, 1.807) is 0 Å². The van der Waals surface area contributed by atoms with E-state index in [1.165, 1.54) is 0 Å². The summed E-state index contributed by atoms with van der Waals surface area (Å²) >= 11 is 0. The molecule has 0 saturated carbocycles. The Bertz CT molecular complexity index is 334. The van der Waals surface area contributed by atoms with Gasteiger partial charge in [-0.15, -0.1) is 0 Å². The molecule has 19 heavy (non-hydrogen) atoms. The molecule has 0 rings (SSSR count). The molecule has 0 unspecified atom stereocenters. The second kappa shape index (κ2) is 6.70. The number of hydrogen-bond acceptors (Lipinski definition) is 4. The third kappa shape index (κ3) is 5.49. The molecule has 6 heteroatoms. The first kappa shape index (κ1) is 18.4. The molecule has 0 aliphatic rings. The van der Waals surface area contributed by atoms with E-state index in [0.29, 0.717) is 0 Å². The maximum atomic E-state index is 12.1. The average Bonchev–Trinajstić information content (AvgIpc) is 2.23. The van der Waals surface area contributed by atoms with Gasteiger partial charge in [-0.1, -0.05) is 34.6 Å². The van der Waals surface area contributed by atoms with Crippen molar-refractivity contribution < 1.29 is 18.7 Å². The summed E-state index contributed by atoms with van der Waals surface area (Å²) in [4.78, 5) is 23.2. The SMILES string of the molecule is [B]OC(=O)CC(=O)[C@@H](O[Si](C)(C)C(C)(C)C)C(C)C. The molecule has 0 aromatic heterocycles. The van der Waals surface area contributed by atoms with Crippen molar-refractivity contribution in [3.63, 3.8) is 0 Å². The van der Waals surface area contributed by atoms with Crippen LogP contribution in [0.1, 0.15) is 41.0 Å². The molecule has 1 atom stereocenters. The normalized spacial score (nSPS) is 14.3. The standard InChI is InChI=1S/C13H25BO4Si/c1-9(2)12(10(15)8-11(16)17-14)18-19(6,7)13(3,4)5/h9,12H,8H2,1-7H3/t12-/m0/s1. The minimum absolute atomic E-state index is 0.00667. The second-order valence-electron chi connectivity index (χ2n) is 6.68. The molecule has 0 aliphatic heterocycles. The van der Waals surface area contributed by atoms with Gasteiger partial charge in [0.25, 0.3) is 5.97 Å². The van der Waals surface area contributed by atoms with Crippen LogP contribution in [0.3, 0.4) is 0 Å². The van der Waals surface area contributed by atoms with Crippen molar-refractivity contribution in [2.24, 2.45) is 5.92 Å². The van der Waals surface area contributed by atoms with Crippen LogP contribution in [0.15, 0.2) is 0 Å². The molecular weight excluding hydrogens is 259 g/mol. The van der Waals surface area contributed by atoms with Crippen LogP contribution in [0.5, 0.6) is 0 Å². The van der Waals surface area contributed by atoms with Crippen molar-refractivity contribution in [2.45, 2.75) is 65.3 Å². The Morgan fingerprint density at radius 3 is 2.00 bits per heavy atom. The van der Waals surface area contributed by atoms with Crippen LogP contribution in [-0.4, -0.2) is 34.2 Å². The highest BCUT2D eigenvalue weighted by atomic mass is 28.4. The smallest absolute Gasteiger partial charge is 0.378 e. The van der Waals surface area contributed by atoms with Crippen LogP contribution >= 0.6 is 0 Å². The minimum Gasteiger partial charge on any atom is -0.543 e. The molecule has 4 nitrogen and oxygen atoms in total. The van der Waals surface area contributed by atoms with Gasteiger partial charge in [0, 0.05) is 0 Å². The van der Waals surface area contributed by atoms with Crippen molar-refractivity contribution in [3.8, 4) is 0 Å². The number of Topliss-reactive ketones (excluding diaryl/α,β-unsaturated/α-hetero) is 1. The van der Waals surface area contributed by atoms with E-state index in [2.05, 4.69) is 38.5 Å². The zero-order valence-electron chi connectivity index (χ0n) is 13.1. The predicted molar refractivity (Wildman–Crippen MR) is 78.4 cm³/mol. The fourth-order valence-corrected chi connectivity index (χ4v) is 2.74. The summed E-state index contributed by atoms with van der Waals surface area (Å²) < 4.78 is 10.2. The lowest BCUT2D eigenvalue weighted by Gasteiger charge is -2.39. The Hall–Kier alpha value is -0.618. The van der Waals surface area contributed by atoms with Gasteiger partial charge in [0.15, 0.2) is 14.1 Å². The van der Waals surface area contributed by atoms with E-state index in [4.69, 9.17) is 12.5 Å². The minimum atomic E-state index is -2.06. The lowest BCUT2D eigenvalue weighted by molar-refractivity contribution is -0.140. The van der Waals surface area contributed by atoms with Gasteiger partial charge in [-0.3, -0.25) is 9.59 Å². The van der Waals surface area contributed by atoms with Crippen molar-refractivity contribution in [1.82, 2.24) is 0 Å². The number of hydrogen-bond donors (Lipinski definition) is 0. The monoisotopic (exact) mass is 284 g/mol. The zero-order valence-corrected chi connectivity index (χ0v) is 14.1. The first-order chi connectivity index (χ1) is 8.42. The lowest BCUT2D eigenvalue weighted by Crippen LogP contribution is -2.48. The maximum Gasteiger partial charge on any atom is 0.378 e. The Morgan fingerprint density at radius 1 is 1.21 bits per heavy atom. The van der Waals surface area contributed by atoms with Crippen molar-refractivity contribution in [1.29, 1.82) is 0 Å². The molecule has 108 valence electrons. The molecule has 0 spiro atoms. The molecule has 0 aliphatic carbocycles. The number of carbonyl (C=O) groups is 2. The van der Waals surface area contributed by atoms with Gasteiger partial charge in [-0.2, -0.15) is 0 Å². The van der Waals surface area contributed by atoms with Crippen LogP contribution in [0.4, 0.5) is 0 Å². The van der Waals surface area contributed by atoms with Crippen LogP contribution in [0.25, 0.3) is 0 Å². The Morgan fingerprint density at radius 2 is 1.68 bits per heavy atom. The van der Waals surface area contributed by atoms with Gasteiger partial charge in [0.2, 0.25) is 0 Å². The van der Waals surface area contributed by atoms with Gasteiger partial charge in [0.05, 0.1) is 0 Å². The first-order valence-electron chi connectivity index (χ1n) is 6.52. The van der Waals surface area contributed by atoms with Gasteiger partial charge in [-0.05, 0) is 24.1 Å². The molecule has 0 bridgehead atoms. The van der Waals surface area contributed by atoms with E-state index < -0.39 is 20.4 Å². The lowest BCUT2D eigenvalue weighted by atomic mass is 10.0. The fourth-order valence-electron chi connectivity index (χ4n) is 1.35.